The summed E-state index contributed by atoms with van der Waals surface area (Å²) in [5.41, 5.74) is 2.40. The van der Waals surface area contributed by atoms with E-state index in [1.54, 1.807) is 19.2 Å². The Labute approximate surface area is 140 Å². The Hall–Kier alpha value is -2.82. The van der Waals surface area contributed by atoms with Crippen LogP contribution >= 0.6 is 0 Å². The smallest absolute Gasteiger partial charge is 0.339 e. The second-order valence-corrected chi connectivity index (χ2v) is 5.61. The van der Waals surface area contributed by atoms with Gasteiger partial charge in [-0.15, -0.1) is 0 Å². The number of hydrogen-bond donors (Lipinski definition) is 1. The van der Waals surface area contributed by atoms with Gasteiger partial charge in [-0.3, -0.25) is 4.79 Å². The summed E-state index contributed by atoms with van der Waals surface area (Å²) in [5.74, 6) is 0.0826. The van der Waals surface area contributed by atoms with Crippen molar-refractivity contribution in [3.05, 3.63) is 65.2 Å². The van der Waals surface area contributed by atoms with Gasteiger partial charge in [-0.05, 0) is 29.7 Å². The highest BCUT2D eigenvalue weighted by Gasteiger charge is 2.30. The van der Waals surface area contributed by atoms with E-state index < -0.39 is 12.1 Å². The van der Waals surface area contributed by atoms with Gasteiger partial charge in [0.1, 0.15) is 5.75 Å². The molecule has 2 aromatic rings. The largest absolute Gasteiger partial charge is 0.496 e. The first kappa shape index (κ1) is 16.1. The zero-order valence-electron chi connectivity index (χ0n) is 13.5. The minimum Gasteiger partial charge on any atom is -0.496 e. The van der Waals surface area contributed by atoms with Crippen molar-refractivity contribution in [1.82, 2.24) is 5.32 Å². The highest BCUT2D eigenvalue weighted by molar-refractivity contribution is 5.95. The van der Waals surface area contributed by atoms with E-state index in [4.69, 9.17) is 9.47 Å². The molecule has 0 radical (unpaired) electrons. The molecule has 5 heteroatoms. The highest BCUT2D eigenvalue weighted by Crippen LogP contribution is 2.21. The lowest BCUT2D eigenvalue weighted by Gasteiger charge is -2.23. The summed E-state index contributed by atoms with van der Waals surface area (Å²) in [6, 6.07) is 14.9. The molecule has 0 saturated carbocycles. The molecule has 2 aromatic carbocycles. The Morgan fingerprint density at radius 3 is 2.79 bits per heavy atom. The normalized spacial score (nSPS) is 16.0. The minimum absolute atomic E-state index is 0.271. The molecular weight excluding hydrogens is 306 g/mol. The molecule has 24 heavy (non-hydrogen) atoms. The average molecular weight is 325 g/mol. The Morgan fingerprint density at radius 2 is 1.96 bits per heavy atom. The summed E-state index contributed by atoms with van der Waals surface area (Å²) in [5, 5.41) is 2.83. The van der Waals surface area contributed by atoms with Gasteiger partial charge >= 0.3 is 5.97 Å². The molecule has 1 aliphatic heterocycles. The van der Waals surface area contributed by atoms with Gasteiger partial charge in [0.25, 0.3) is 5.91 Å². The van der Waals surface area contributed by atoms with Gasteiger partial charge in [0.15, 0.2) is 6.10 Å². The van der Waals surface area contributed by atoms with Crippen LogP contribution in [0.2, 0.25) is 0 Å². The molecule has 0 aliphatic carbocycles. The number of carbonyl (C=O) groups excluding carboxylic acids is 2. The van der Waals surface area contributed by atoms with Crippen LogP contribution in [0.5, 0.6) is 5.75 Å². The first-order valence-corrected chi connectivity index (χ1v) is 7.87. The maximum absolute atomic E-state index is 12.3. The number of cyclic esters (lactones) is 1. The maximum atomic E-state index is 12.3. The van der Waals surface area contributed by atoms with Crippen LogP contribution < -0.4 is 10.1 Å². The maximum Gasteiger partial charge on any atom is 0.339 e. The second kappa shape index (κ2) is 7.17. The molecule has 3 rings (SSSR count). The Morgan fingerprint density at radius 1 is 1.21 bits per heavy atom. The van der Waals surface area contributed by atoms with E-state index in [-0.39, 0.29) is 5.91 Å². The van der Waals surface area contributed by atoms with E-state index in [0.717, 1.165) is 16.9 Å². The zero-order chi connectivity index (χ0) is 16.9. The topological polar surface area (TPSA) is 64.6 Å². The molecular formula is C19H19NO4. The van der Waals surface area contributed by atoms with Crippen LogP contribution in [0.25, 0.3) is 0 Å². The molecule has 0 bridgehead atoms. The summed E-state index contributed by atoms with van der Waals surface area (Å²) in [4.78, 5) is 24.2. The van der Waals surface area contributed by atoms with Gasteiger partial charge in [0.2, 0.25) is 0 Å². The second-order valence-electron chi connectivity index (χ2n) is 5.61. The van der Waals surface area contributed by atoms with Gasteiger partial charge in [0.05, 0.1) is 12.7 Å². The van der Waals surface area contributed by atoms with Crippen molar-refractivity contribution < 1.29 is 19.1 Å². The Kier molecular flexibility index (Phi) is 4.79. The van der Waals surface area contributed by atoms with Crippen molar-refractivity contribution in [3.63, 3.8) is 0 Å². The molecule has 0 saturated heterocycles. The summed E-state index contributed by atoms with van der Waals surface area (Å²) in [6.07, 6.45) is 0.278. The van der Waals surface area contributed by atoms with Crippen molar-refractivity contribution >= 4 is 11.9 Å². The molecule has 0 fully saturated rings. The van der Waals surface area contributed by atoms with Crippen LogP contribution in [0, 0.1) is 0 Å². The van der Waals surface area contributed by atoms with Crippen LogP contribution in [-0.4, -0.2) is 31.6 Å². The first-order chi connectivity index (χ1) is 11.7. The lowest BCUT2D eigenvalue weighted by Crippen LogP contribution is -2.42. The van der Waals surface area contributed by atoms with E-state index in [9.17, 15) is 9.59 Å². The van der Waals surface area contributed by atoms with Crippen molar-refractivity contribution in [1.29, 1.82) is 0 Å². The number of hydrogen-bond acceptors (Lipinski definition) is 4. The fraction of sp³-hybridized carbons (Fsp3) is 0.263. The van der Waals surface area contributed by atoms with Crippen molar-refractivity contribution in [3.8, 4) is 5.75 Å². The molecule has 5 nitrogen and oxygen atoms in total. The minimum atomic E-state index is -0.773. The zero-order valence-corrected chi connectivity index (χ0v) is 13.5. The monoisotopic (exact) mass is 325 g/mol. The van der Waals surface area contributed by atoms with E-state index >= 15 is 0 Å². The van der Waals surface area contributed by atoms with Crippen molar-refractivity contribution in [2.75, 3.05) is 13.7 Å². The number of carbonyl (C=O) groups is 2. The molecule has 1 atom stereocenters. The van der Waals surface area contributed by atoms with E-state index in [1.807, 2.05) is 36.4 Å². The van der Waals surface area contributed by atoms with Crippen LogP contribution in [-0.2, 0) is 22.4 Å². The van der Waals surface area contributed by atoms with E-state index in [1.165, 1.54) is 0 Å². The summed E-state index contributed by atoms with van der Waals surface area (Å²) >= 11 is 0. The average Bonchev–Trinajstić information content (AvgIpc) is 2.62. The number of esters is 1. The molecule has 1 unspecified atom stereocenters. The standard InChI is InChI=1S/C19H19NO4/c1-23-16-9-5-3-6-13(16)10-11-20-18(21)17-12-14-7-2-4-8-15(14)19(22)24-17/h2-9,17H,10-12H2,1H3,(H,20,21). The lowest BCUT2D eigenvalue weighted by atomic mass is 9.98. The molecule has 1 aliphatic rings. The predicted octanol–water partition coefficient (Wildman–Crippen LogP) is 2.14. The first-order valence-electron chi connectivity index (χ1n) is 7.87. The van der Waals surface area contributed by atoms with Crippen molar-refractivity contribution in [2.45, 2.75) is 18.9 Å². The van der Waals surface area contributed by atoms with Gasteiger partial charge in [0, 0.05) is 13.0 Å². The van der Waals surface area contributed by atoms with E-state index in [2.05, 4.69) is 5.32 Å². The number of rotatable bonds is 5. The third-order valence-corrected chi connectivity index (χ3v) is 4.07. The van der Waals surface area contributed by atoms with E-state index in [0.29, 0.717) is 24.9 Å². The third-order valence-electron chi connectivity index (χ3n) is 4.07. The molecule has 124 valence electrons. The lowest BCUT2D eigenvalue weighted by molar-refractivity contribution is -0.130. The van der Waals surface area contributed by atoms with Gasteiger partial charge in [-0.25, -0.2) is 4.79 Å². The highest BCUT2D eigenvalue weighted by atomic mass is 16.5. The van der Waals surface area contributed by atoms with Gasteiger partial charge in [-0.1, -0.05) is 36.4 Å². The SMILES string of the molecule is COc1ccccc1CCNC(=O)C1Cc2ccccc2C(=O)O1. The number of benzene rings is 2. The number of para-hydroxylation sites is 1. The number of ether oxygens (including phenoxy) is 2. The van der Waals surface area contributed by atoms with Crippen LogP contribution in [0.1, 0.15) is 21.5 Å². The number of fused-ring (bicyclic) bond motifs is 1. The molecule has 1 heterocycles. The Bertz CT molecular complexity index is 757. The van der Waals surface area contributed by atoms with Crippen LogP contribution in [0.3, 0.4) is 0 Å². The summed E-state index contributed by atoms with van der Waals surface area (Å²) < 4.78 is 10.5. The van der Waals surface area contributed by atoms with Gasteiger partial charge < -0.3 is 14.8 Å². The third kappa shape index (κ3) is 3.40. The quantitative estimate of drug-likeness (QED) is 0.856. The molecule has 0 aromatic heterocycles. The van der Waals surface area contributed by atoms with Crippen LogP contribution in [0.15, 0.2) is 48.5 Å². The molecule has 1 amide bonds. The molecule has 0 spiro atoms. The fourth-order valence-corrected chi connectivity index (χ4v) is 2.82. The summed E-state index contributed by atoms with van der Waals surface area (Å²) in [7, 11) is 1.62. The number of methoxy groups -OCH3 is 1. The Balaban J connectivity index is 1.57. The van der Waals surface area contributed by atoms with Crippen molar-refractivity contribution in [2.24, 2.45) is 0 Å². The fourth-order valence-electron chi connectivity index (χ4n) is 2.82. The molecule has 1 N–H and O–H groups in total. The number of amides is 1. The summed E-state index contributed by atoms with van der Waals surface area (Å²) in [6.45, 7) is 0.453. The van der Waals surface area contributed by atoms with Crippen LogP contribution in [0.4, 0.5) is 0 Å². The predicted molar refractivity (Wildman–Crippen MR) is 89.1 cm³/mol. The van der Waals surface area contributed by atoms with Gasteiger partial charge in [-0.2, -0.15) is 0 Å². The number of nitrogens with one attached hydrogen (secondary N) is 1.